The van der Waals surface area contributed by atoms with Crippen molar-refractivity contribution in [2.24, 2.45) is 0 Å². The van der Waals surface area contributed by atoms with Gasteiger partial charge in [0.2, 0.25) is 0 Å². The lowest BCUT2D eigenvalue weighted by Crippen LogP contribution is -2.31. The lowest BCUT2D eigenvalue weighted by atomic mass is 10.1. The maximum atomic E-state index is 11.5. The first-order valence-corrected chi connectivity index (χ1v) is 5.12. The van der Waals surface area contributed by atoms with Gasteiger partial charge in [-0.3, -0.25) is 10.4 Å². The van der Waals surface area contributed by atoms with Crippen molar-refractivity contribution in [3.05, 3.63) is 11.8 Å². The second-order valence-electron chi connectivity index (χ2n) is 3.81. The summed E-state index contributed by atoms with van der Waals surface area (Å²) in [4.78, 5) is 13.1. The molecule has 84 valence electrons. The van der Waals surface area contributed by atoms with E-state index in [4.69, 9.17) is 0 Å². The van der Waals surface area contributed by atoms with Crippen LogP contribution in [0.5, 0.6) is 0 Å². The van der Waals surface area contributed by atoms with Crippen LogP contribution in [0.4, 0.5) is 10.6 Å². The molecule has 0 radical (unpaired) electrons. The summed E-state index contributed by atoms with van der Waals surface area (Å²) < 4.78 is 0. The first-order chi connectivity index (χ1) is 7.04. The van der Waals surface area contributed by atoms with Crippen molar-refractivity contribution < 1.29 is 4.79 Å². The third-order valence-electron chi connectivity index (χ3n) is 2.28. The second-order valence-corrected chi connectivity index (χ2v) is 3.81. The molecule has 0 aliphatic carbocycles. The minimum Gasteiger partial charge on any atom is -0.328 e. The normalized spacial score (nSPS) is 10.5. The van der Waals surface area contributed by atoms with Crippen LogP contribution in [0.15, 0.2) is 6.07 Å². The van der Waals surface area contributed by atoms with Crippen molar-refractivity contribution in [1.82, 2.24) is 15.1 Å². The Bertz CT molecular complexity index is 332. The number of nitrogens with one attached hydrogen (secondary N) is 2. The first kappa shape index (κ1) is 11.6. The molecule has 5 heteroatoms. The van der Waals surface area contributed by atoms with Gasteiger partial charge >= 0.3 is 6.03 Å². The molecule has 0 fully saturated rings. The molecule has 2 amide bonds. The van der Waals surface area contributed by atoms with Gasteiger partial charge in [0.1, 0.15) is 0 Å². The average molecular weight is 210 g/mol. The van der Waals surface area contributed by atoms with Crippen molar-refractivity contribution in [2.75, 3.05) is 18.9 Å². The molecule has 15 heavy (non-hydrogen) atoms. The van der Waals surface area contributed by atoms with Gasteiger partial charge in [-0.05, 0) is 12.8 Å². The third-order valence-corrected chi connectivity index (χ3v) is 2.28. The summed E-state index contributed by atoms with van der Waals surface area (Å²) >= 11 is 0. The van der Waals surface area contributed by atoms with Gasteiger partial charge in [0.05, 0.1) is 0 Å². The van der Waals surface area contributed by atoms with E-state index in [1.54, 1.807) is 11.9 Å². The molecule has 0 bridgehead atoms. The summed E-state index contributed by atoms with van der Waals surface area (Å²) in [5.74, 6) is 0.955. The number of aromatic amines is 1. The van der Waals surface area contributed by atoms with E-state index in [0.717, 1.165) is 5.69 Å². The van der Waals surface area contributed by atoms with Gasteiger partial charge in [-0.1, -0.05) is 13.8 Å². The molecule has 0 aliphatic heterocycles. The summed E-state index contributed by atoms with van der Waals surface area (Å²) in [7, 11) is 1.74. The van der Waals surface area contributed by atoms with Gasteiger partial charge in [-0.25, -0.2) is 4.79 Å². The fraction of sp³-hybridized carbons (Fsp3) is 0.600. The lowest BCUT2D eigenvalue weighted by Gasteiger charge is -2.13. The molecular weight excluding hydrogens is 192 g/mol. The first-order valence-electron chi connectivity index (χ1n) is 5.12. The minimum absolute atomic E-state index is 0.140. The number of nitrogens with zero attached hydrogens (tertiary/aromatic N) is 2. The second kappa shape index (κ2) is 4.82. The molecule has 1 rings (SSSR count). The van der Waals surface area contributed by atoms with Gasteiger partial charge in [0.25, 0.3) is 0 Å². The average Bonchev–Trinajstić information content (AvgIpc) is 2.65. The van der Waals surface area contributed by atoms with E-state index in [2.05, 4.69) is 29.4 Å². The molecule has 0 spiro atoms. The van der Waals surface area contributed by atoms with Crippen molar-refractivity contribution in [2.45, 2.75) is 26.7 Å². The zero-order valence-electron chi connectivity index (χ0n) is 9.66. The molecule has 2 N–H and O–H groups in total. The molecule has 0 unspecified atom stereocenters. The van der Waals surface area contributed by atoms with E-state index < -0.39 is 0 Å². The fourth-order valence-corrected chi connectivity index (χ4v) is 1.05. The van der Waals surface area contributed by atoms with Gasteiger partial charge in [0.15, 0.2) is 5.82 Å². The van der Waals surface area contributed by atoms with Crippen LogP contribution in [0.3, 0.4) is 0 Å². The van der Waals surface area contributed by atoms with E-state index in [-0.39, 0.29) is 6.03 Å². The standard InChI is InChI=1S/C10H18N4O/c1-5-14(4)10(15)11-9-6-8(7(2)3)12-13-9/h6-7H,5H2,1-4H3,(H2,11,12,13,15). The molecular formula is C10H18N4O. The van der Waals surface area contributed by atoms with E-state index in [1.165, 1.54) is 0 Å². The van der Waals surface area contributed by atoms with Gasteiger partial charge in [-0.15, -0.1) is 0 Å². The molecule has 0 atom stereocenters. The van der Waals surface area contributed by atoms with Crippen molar-refractivity contribution >= 4 is 11.8 Å². The number of rotatable bonds is 3. The lowest BCUT2D eigenvalue weighted by molar-refractivity contribution is 0.224. The maximum absolute atomic E-state index is 11.5. The predicted octanol–water partition coefficient (Wildman–Crippen LogP) is 2.02. The highest BCUT2D eigenvalue weighted by molar-refractivity contribution is 5.88. The number of anilines is 1. The Hall–Kier alpha value is -1.52. The Labute approximate surface area is 89.9 Å². The highest BCUT2D eigenvalue weighted by Crippen LogP contribution is 2.14. The SMILES string of the molecule is CCN(C)C(=O)Nc1cc(C(C)C)[nH]n1. The summed E-state index contributed by atoms with van der Waals surface area (Å²) in [5, 5.41) is 9.61. The van der Waals surface area contributed by atoms with Crippen LogP contribution < -0.4 is 5.32 Å². The van der Waals surface area contributed by atoms with Crippen LogP contribution in [-0.4, -0.2) is 34.7 Å². The number of aromatic nitrogens is 2. The smallest absolute Gasteiger partial charge is 0.322 e. The number of urea groups is 1. The van der Waals surface area contributed by atoms with Crippen LogP contribution >= 0.6 is 0 Å². The van der Waals surface area contributed by atoms with Gasteiger partial charge in [-0.2, -0.15) is 5.10 Å². The van der Waals surface area contributed by atoms with Crippen LogP contribution in [0.25, 0.3) is 0 Å². The van der Waals surface area contributed by atoms with Crippen LogP contribution in [0.2, 0.25) is 0 Å². The summed E-state index contributed by atoms with van der Waals surface area (Å²) in [5.41, 5.74) is 1.02. The molecule has 0 aromatic carbocycles. The van der Waals surface area contributed by atoms with Crippen molar-refractivity contribution in [3.8, 4) is 0 Å². The highest BCUT2D eigenvalue weighted by atomic mass is 16.2. The fourth-order valence-electron chi connectivity index (χ4n) is 1.05. The Balaban J connectivity index is 2.61. The highest BCUT2D eigenvalue weighted by Gasteiger charge is 2.09. The molecule has 1 heterocycles. The topological polar surface area (TPSA) is 61.0 Å². The molecule has 1 aromatic heterocycles. The monoisotopic (exact) mass is 210 g/mol. The molecule has 0 aliphatic rings. The quantitative estimate of drug-likeness (QED) is 0.801. The number of hydrogen-bond donors (Lipinski definition) is 2. The number of carbonyl (C=O) groups excluding carboxylic acids is 1. The third kappa shape index (κ3) is 2.97. The number of hydrogen-bond acceptors (Lipinski definition) is 2. The summed E-state index contributed by atoms with van der Waals surface area (Å²) in [6.07, 6.45) is 0. The summed E-state index contributed by atoms with van der Waals surface area (Å²) in [6, 6.07) is 1.71. The van der Waals surface area contributed by atoms with Crippen molar-refractivity contribution in [3.63, 3.8) is 0 Å². The number of H-pyrrole nitrogens is 1. The van der Waals surface area contributed by atoms with E-state index in [1.807, 2.05) is 13.0 Å². The Morgan fingerprint density at radius 2 is 2.33 bits per heavy atom. The number of amides is 2. The van der Waals surface area contributed by atoms with Crippen LogP contribution in [0, 0.1) is 0 Å². The van der Waals surface area contributed by atoms with Gasteiger partial charge < -0.3 is 4.90 Å². The molecule has 5 nitrogen and oxygen atoms in total. The zero-order chi connectivity index (χ0) is 11.4. The van der Waals surface area contributed by atoms with E-state index in [9.17, 15) is 4.79 Å². The van der Waals surface area contributed by atoms with Crippen LogP contribution in [0.1, 0.15) is 32.4 Å². The zero-order valence-corrected chi connectivity index (χ0v) is 9.66. The summed E-state index contributed by atoms with van der Waals surface area (Å²) in [6.45, 7) is 6.73. The van der Waals surface area contributed by atoms with E-state index >= 15 is 0 Å². The predicted molar refractivity (Wildman–Crippen MR) is 60.0 cm³/mol. The molecule has 0 saturated heterocycles. The molecule has 1 aromatic rings. The van der Waals surface area contributed by atoms with Gasteiger partial charge in [0, 0.05) is 25.4 Å². The van der Waals surface area contributed by atoms with Crippen molar-refractivity contribution in [1.29, 1.82) is 0 Å². The van der Waals surface area contributed by atoms with Crippen LogP contribution in [-0.2, 0) is 0 Å². The Kier molecular flexibility index (Phi) is 3.71. The minimum atomic E-state index is -0.140. The van der Waals surface area contributed by atoms with E-state index in [0.29, 0.717) is 18.3 Å². The molecule has 0 saturated carbocycles. The largest absolute Gasteiger partial charge is 0.328 e. The maximum Gasteiger partial charge on any atom is 0.322 e. The number of carbonyl (C=O) groups is 1. The Morgan fingerprint density at radius 3 is 2.80 bits per heavy atom. The Morgan fingerprint density at radius 1 is 1.67 bits per heavy atom.